The van der Waals surface area contributed by atoms with E-state index in [-0.39, 0.29) is 5.41 Å². The number of hydrogen-bond donors (Lipinski definition) is 1. The van der Waals surface area contributed by atoms with Gasteiger partial charge in [0, 0.05) is 0 Å². The zero-order chi connectivity index (χ0) is 11.7. The Morgan fingerprint density at radius 1 is 1.47 bits per heavy atom. The molecule has 0 aromatic rings. The molecule has 0 aromatic heterocycles. The average Bonchev–Trinajstić information content (AvgIpc) is 1.99. The molecule has 0 spiro atoms. The molecule has 2 heteroatoms. The second-order valence-electron chi connectivity index (χ2n) is 6.52. The molecule has 1 rings (SSSR count). The lowest BCUT2D eigenvalue weighted by Crippen LogP contribution is -2.34. The molecule has 1 fully saturated rings. The molecule has 0 amide bonds. The van der Waals surface area contributed by atoms with Crippen LogP contribution in [0.3, 0.4) is 0 Å². The second kappa shape index (κ2) is 4.15. The SMILES string of the molecule is CC1(C)CCCC(C(C)(C)CC(=O)O)C1. The van der Waals surface area contributed by atoms with Crippen LogP contribution in [0.15, 0.2) is 0 Å². The summed E-state index contributed by atoms with van der Waals surface area (Å²) in [5.74, 6) is -0.0965. The summed E-state index contributed by atoms with van der Waals surface area (Å²) in [6.45, 7) is 8.81. The molecule has 0 radical (unpaired) electrons. The Bertz CT molecular complexity index is 241. The molecule has 2 nitrogen and oxygen atoms in total. The summed E-state index contributed by atoms with van der Waals surface area (Å²) in [4.78, 5) is 10.8. The van der Waals surface area contributed by atoms with Gasteiger partial charge in [-0.3, -0.25) is 4.79 Å². The van der Waals surface area contributed by atoms with E-state index in [0.29, 0.717) is 17.8 Å². The Labute approximate surface area is 93.1 Å². The molecule has 0 saturated heterocycles. The van der Waals surface area contributed by atoms with Gasteiger partial charge in [-0.25, -0.2) is 0 Å². The Balaban J connectivity index is 2.66. The molecule has 15 heavy (non-hydrogen) atoms. The molecule has 1 unspecified atom stereocenters. The summed E-state index contributed by atoms with van der Waals surface area (Å²) >= 11 is 0. The Morgan fingerprint density at radius 3 is 2.53 bits per heavy atom. The summed E-state index contributed by atoms with van der Waals surface area (Å²) in [5, 5.41) is 8.91. The number of aliphatic carboxylic acids is 1. The van der Waals surface area contributed by atoms with Crippen LogP contribution >= 0.6 is 0 Å². The molecule has 0 heterocycles. The van der Waals surface area contributed by atoms with Crippen molar-refractivity contribution >= 4 is 5.97 Å². The molecule has 1 N–H and O–H groups in total. The van der Waals surface area contributed by atoms with Crippen molar-refractivity contribution in [2.75, 3.05) is 0 Å². The molecule has 88 valence electrons. The summed E-state index contributed by atoms with van der Waals surface area (Å²) in [5.41, 5.74) is 0.349. The van der Waals surface area contributed by atoms with Gasteiger partial charge < -0.3 is 5.11 Å². The van der Waals surface area contributed by atoms with E-state index in [1.54, 1.807) is 0 Å². The zero-order valence-corrected chi connectivity index (χ0v) is 10.5. The lowest BCUT2D eigenvalue weighted by atomic mass is 9.62. The second-order valence-corrected chi connectivity index (χ2v) is 6.52. The molecule has 1 atom stereocenters. The maximum Gasteiger partial charge on any atom is 0.303 e. The quantitative estimate of drug-likeness (QED) is 0.774. The number of hydrogen-bond acceptors (Lipinski definition) is 1. The van der Waals surface area contributed by atoms with E-state index in [1.165, 1.54) is 25.7 Å². The Kier molecular flexibility index (Phi) is 3.47. The van der Waals surface area contributed by atoms with Gasteiger partial charge in [-0.1, -0.05) is 34.1 Å². The highest BCUT2D eigenvalue weighted by Gasteiger charge is 2.38. The van der Waals surface area contributed by atoms with Crippen molar-refractivity contribution < 1.29 is 9.90 Å². The monoisotopic (exact) mass is 212 g/mol. The maximum absolute atomic E-state index is 10.8. The van der Waals surface area contributed by atoms with Gasteiger partial charge in [0.2, 0.25) is 0 Å². The largest absolute Gasteiger partial charge is 0.481 e. The van der Waals surface area contributed by atoms with Crippen molar-refractivity contribution in [3.63, 3.8) is 0 Å². The molecular weight excluding hydrogens is 188 g/mol. The smallest absolute Gasteiger partial charge is 0.303 e. The van der Waals surface area contributed by atoms with Gasteiger partial charge in [0.05, 0.1) is 6.42 Å². The third kappa shape index (κ3) is 3.51. The third-order valence-corrected chi connectivity index (χ3v) is 3.92. The van der Waals surface area contributed by atoms with Crippen LogP contribution in [-0.4, -0.2) is 11.1 Å². The predicted molar refractivity (Wildman–Crippen MR) is 61.8 cm³/mol. The van der Waals surface area contributed by atoms with Crippen molar-refractivity contribution in [2.24, 2.45) is 16.7 Å². The summed E-state index contributed by atoms with van der Waals surface area (Å²) < 4.78 is 0. The number of carboxylic acids is 1. The van der Waals surface area contributed by atoms with Crippen molar-refractivity contribution in [3.8, 4) is 0 Å². The highest BCUT2D eigenvalue weighted by molar-refractivity contribution is 5.67. The minimum absolute atomic E-state index is 0.0521. The average molecular weight is 212 g/mol. The fourth-order valence-electron chi connectivity index (χ4n) is 2.90. The molecule has 0 aliphatic heterocycles. The van der Waals surface area contributed by atoms with Gasteiger partial charge in [0.25, 0.3) is 0 Å². The Morgan fingerprint density at radius 2 is 2.07 bits per heavy atom. The van der Waals surface area contributed by atoms with E-state index in [4.69, 9.17) is 5.11 Å². The number of carboxylic acid groups (broad SMARTS) is 1. The fraction of sp³-hybridized carbons (Fsp3) is 0.923. The first kappa shape index (κ1) is 12.5. The number of rotatable bonds is 3. The van der Waals surface area contributed by atoms with Crippen LogP contribution in [0.1, 0.15) is 59.8 Å². The van der Waals surface area contributed by atoms with E-state index in [9.17, 15) is 4.79 Å². The highest BCUT2D eigenvalue weighted by atomic mass is 16.4. The van der Waals surface area contributed by atoms with Gasteiger partial charge in [0.15, 0.2) is 0 Å². The lowest BCUT2D eigenvalue weighted by Gasteiger charge is -2.43. The first-order chi connectivity index (χ1) is 6.73. The van der Waals surface area contributed by atoms with Crippen molar-refractivity contribution in [2.45, 2.75) is 59.8 Å². The van der Waals surface area contributed by atoms with E-state index in [0.717, 1.165) is 0 Å². The molecule has 1 aliphatic carbocycles. The standard InChI is InChI=1S/C13H24O2/c1-12(2)7-5-6-10(8-12)13(3,4)9-11(14)15/h10H,5-9H2,1-4H3,(H,14,15). The van der Waals surface area contributed by atoms with Crippen LogP contribution in [0.2, 0.25) is 0 Å². The Hall–Kier alpha value is -0.530. The van der Waals surface area contributed by atoms with Crippen molar-refractivity contribution in [1.82, 2.24) is 0 Å². The summed E-state index contributed by atoms with van der Waals surface area (Å²) in [7, 11) is 0. The first-order valence-corrected chi connectivity index (χ1v) is 5.95. The van der Waals surface area contributed by atoms with Gasteiger partial charge in [-0.15, -0.1) is 0 Å². The van der Waals surface area contributed by atoms with Crippen molar-refractivity contribution in [3.05, 3.63) is 0 Å². The minimum atomic E-state index is -0.664. The van der Waals surface area contributed by atoms with E-state index in [2.05, 4.69) is 27.7 Å². The van der Waals surface area contributed by atoms with Crippen molar-refractivity contribution in [1.29, 1.82) is 0 Å². The first-order valence-electron chi connectivity index (χ1n) is 5.95. The normalized spacial score (nSPS) is 26.3. The minimum Gasteiger partial charge on any atom is -0.481 e. The van der Waals surface area contributed by atoms with Crippen LogP contribution < -0.4 is 0 Å². The molecule has 1 aliphatic rings. The third-order valence-electron chi connectivity index (χ3n) is 3.92. The molecule has 1 saturated carbocycles. The number of carbonyl (C=O) groups is 1. The van der Waals surface area contributed by atoms with Gasteiger partial charge in [-0.05, 0) is 36.0 Å². The van der Waals surface area contributed by atoms with Crippen LogP contribution in [0.25, 0.3) is 0 Å². The molecule has 0 bridgehead atoms. The van der Waals surface area contributed by atoms with E-state index >= 15 is 0 Å². The van der Waals surface area contributed by atoms with E-state index < -0.39 is 5.97 Å². The zero-order valence-electron chi connectivity index (χ0n) is 10.5. The van der Waals surface area contributed by atoms with E-state index in [1.807, 2.05) is 0 Å². The molecular formula is C13H24O2. The van der Waals surface area contributed by atoms with Crippen LogP contribution in [0, 0.1) is 16.7 Å². The topological polar surface area (TPSA) is 37.3 Å². The van der Waals surface area contributed by atoms with Gasteiger partial charge in [0.1, 0.15) is 0 Å². The van der Waals surface area contributed by atoms with Crippen LogP contribution in [0.4, 0.5) is 0 Å². The van der Waals surface area contributed by atoms with Gasteiger partial charge in [-0.2, -0.15) is 0 Å². The predicted octanol–water partition coefficient (Wildman–Crippen LogP) is 3.70. The summed E-state index contributed by atoms with van der Waals surface area (Å²) in [6, 6.07) is 0. The fourth-order valence-corrected chi connectivity index (χ4v) is 2.90. The van der Waals surface area contributed by atoms with Crippen LogP contribution in [0.5, 0.6) is 0 Å². The van der Waals surface area contributed by atoms with Gasteiger partial charge >= 0.3 is 5.97 Å². The molecule has 0 aromatic carbocycles. The van der Waals surface area contributed by atoms with Crippen LogP contribution in [-0.2, 0) is 4.79 Å². The highest BCUT2D eigenvalue weighted by Crippen LogP contribution is 2.47. The summed E-state index contributed by atoms with van der Waals surface area (Å²) in [6.07, 6.45) is 5.21. The maximum atomic E-state index is 10.8. The lowest BCUT2D eigenvalue weighted by molar-refractivity contribution is -0.140.